The Morgan fingerprint density at radius 3 is 1.24 bits per heavy atom. The van der Waals surface area contributed by atoms with Crippen LogP contribution in [-0.2, 0) is 14.1 Å². The molecular formula is C48H35N5O. The second-order valence-electron chi connectivity index (χ2n) is 13.4. The molecule has 0 atom stereocenters. The largest absolute Gasteiger partial charge is 0.328 e. The first-order chi connectivity index (χ1) is 26.5. The van der Waals surface area contributed by atoms with Crippen molar-refractivity contribution in [3.05, 3.63) is 186 Å². The summed E-state index contributed by atoms with van der Waals surface area (Å²) in [7, 11) is 3.62. The van der Waals surface area contributed by atoms with E-state index in [4.69, 9.17) is 15.0 Å². The summed E-state index contributed by atoms with van der Waals surface area (Å²) in [6.07, 6.45) is 0. The van der Waals surface area contributed by atoms with Gasteiger partial charge >= 0.3 is 5.69 Å². The topological polar surface area (TPSA) is 65.6 Å². The van der Waals surface area contributed by atoms with Crippen LogP contribution in [0, 0.1) is 0 Å². The predicted molar refractivity (Wildman–Crippen MR) is 220 cm³/mol. The van der Waals surface area contributed by atoms with Gasteiger partial charge < -0.3 is 0 Å². The highest BCUT2D eigenvalue weighted by Gasteiger charge is 2.16. The van der Waals surface area contributed by atoms with Crippen LogP contribution in [0.1, 0.15) is 0 Å². The van der Waals surface area contributed by atoms with E-state index in [2.05, 4.69) is 133 Å². The number of nitrogens with zero attached hydrogens (tertiary/aromatic N) is 5. The Morgan fingerprint density at radius 1 is 0.333 bits per heavy atom. The van der Waals surface area contributed by atoms with Crippen LogP contribution < -0.4 is 5.69 Å². The molecule has 0 bridgehead atoms. The van der Waals surface area contributed by atoms with E-state index in [0.717, 1.165) is 72.2 Å². The molecule has 258 valence electrons. The number of fused-ring (bicyclic) bond motifs is 1. The fourth-order valence-corrected chi connectivity index (χ4v) is 7.10. The number of aromatic nitrogens is 5. The number of aryl methyl sites for hydroxylation is 2. The van der Waals surface area contributed by atoms with Crippen molar-refractivity contribution in [3.8, 4) is 78.7 Å². The fourth-order valence-electron chi connectivity index (χ4n) is 7.10. The molecule has 54 heavy (non-hydrogen) atoms. The maximum Gasteiger partial charge on any atom is 0.328 e. The van der Waals surface area contributed by atoms with Gasteiger partial charge in [0.1, 0.15) is 0 Å². The lowest BCUT2D eigenvalue weighted by molar-refractivity contribution is 0.795. The SMILES string of the molecule is Cn1c(=O)n(C)c2cc(-c3ccc(-c4ccc(-c5nc(-c6ccc(-c7ccccc7)cc6)nc(-c6ccccc6-c6ccccc6)n5)cc4)cc3)ccc21. The first-order valence-electron chi connectivity index (χ1n) is 17.9. The van der Waals surface area contributed by atoms with E-state index in [1.807, 2.05) is 49.5 Å². The average Bonchev–Trinajstić information content (AvgIpc) is 3.47. The molecule has 0 fully saturated rings. The summed E-state index contributed by atoms with van der Waals surface area (Å²) in [4.78, 5) is 27.7. The predicted octanol–water partition coefficient (Wildman–Crippen LogP) is 10.7. The van der Waals surface area contributed by atoms with Gasteiger partial charge in [-0.3, -0.25) is 9.13 Å². The minimum Gasteiger partial charge on any atom is -0.295 e. The molecule has 0 aliphatic carbocycles. The summed E-state index contributed by atoms with van der Waals surface area (Å²) in [5.41, 5.74) is 13.4. The van der Waals surface area contributed by atoms with Gasteiger partial charge in [-0.1, -0.05) is 164 Å². The van der Waals surface area contributed by atoms with E-state index in [9.17, 15) is 4.79 Å². The van der Waals surface area contributed by atoms with Crippen LogP contribution in [0.15, 0.2) is 181 Å². The lowest BCUT2D eigenvalue weighted by atomic mass is 9.98. The third-order valence-corrected chi connectivity index (χ3v) is 10.1. The van der Waals surface area contributed by atoms with Crippen molar-refractivity contribution >= 4 is 11.0 Å². The maximum absolute atomic E-state index is 12.5. The van der Waals surface area contributed by atoms with Gasteiger partial charge in [-0.05, 0) is 56.6 Å². The molecule has 0 amide bonds. The molecule has 0 aliphatic rings. The lowest BCUT2D eigenvalue weighted by Gasteiger charge is -2.12. The molecule has 0 N–H and O–H groups in total. The molecule has 0 radical (unpaired) electrons. The van der Waals surface area contributed by atoms with Crippen molar-refractivity contribution in [2.75, 3.05) is 0 Å². The molecule has 2 heterocycles. The molecule has 9 aromatic rings. The Balaban J connectivity index is 1.07. The summed E-state index contributed by atoms with van der Waals surface area (Å²) in [5.74, 6) is 1.85. The number of hydrogen-bond acceptors (Lipinski definition) is 4. The standard InChI is InChI=1S/C48H35N5O/c1-52-43-30-29-40(31-44(43)53(2)48(52)54)36-19-17-34(18-20-36)35-23-27-39(28-24-35)46-49-45(38-25-21-33(22-26-38)32-11-5-3-6-12-32)50-47(51-46)42-16-10-9-15-41(42)37-13-7-4-8-14-37/h3-31H,1-2H3. The van der Waals surface area contributed by atoms with Gasteiger partial charge in [-0.15, -0.1) is 0 Å². The summed E-state index contributed by atoms with van der Waals surface area (Å²) in [5, 5.41) is 0. The average molecular weight is 698 g/mol. The van der Waals surface area contributed by atoms with E-state index in [1.165, 1.54) is 0 Å². The minimum absolute atomic E-state index is 0.0277. The highest BCUT2D eigenvalue weighted by molar-refractivity contribution is 5.84. The third-order valence-electron chi connectivity index (χ3n) is 10.1. The van der Waals surface area contributed by atoms with Gasteiger partial charge in [0, 0.05) is 30.8 Å². The van der Waals surface area contributed by atoms with Gasteiger partial charge in [0.25, 0.3) is 0 Å². The zero-order valence-electron chi connectivity index (χ0n) is 29.9. The summed E-state index contributed by atoms with van der Waals surface area (Å²) >= 11 is 0. The monoisotopic (exact) mass is 697 g/mol. The lowest BCUT2D eigenvalue weighted by Crippen LogP contribution is -2.19. The Morgan fingerprint density at radius 2 is 0.704 bits per heavy atom. The molecule has 9 rings (SSSR count). The van der Waals surface area contributed by atoms with Crippen LogP contribution in [0.3, 0.4) is 0 Å². The normalized spacial score (nSPS) is 11.2. The van der Waals surface area contributed by atoms with Crippen LogP contribution in [0.25, 0.3) is 89.7 Å². The summed E-state index contributed by atoms with van der Waals surface area (Å²) in [6.45, 7) is 0. The number of benzene rings is 7. The zero-order valence-corrected chi connectivity index (χ0v) is 29.9. The van der Waals surface area contributed by atoms with Crippen molar-refractivity contribution in [1.29, 1.82) is 0 Å². The molecule has 2 aromatic heterocycles. The summed E-state index contributed by atoms with van der Waals surface area (Å²) < 4.78 is 3.37. The smallest absolute Gasteiger partial charge is 0.295 e. The first kappa shape index (κ1) is 32.7. The van der Waals surface area contributed by atoms with Crippen LogP contribution in [-0.4, -0.2) is 24.1 Å². The summed E-state index contributed by atoms with van der Waals surface area (Å²) in [6, 6.07) is 60.5. The number of rotatable bonds is 7. The molecule has 0 saturated carbocycles. The van der Waals surface area contributed by atoms with Gasteiger partial charge in [-0.25, -0.2) is 19.7 Å². The number of imidazole rings is 1. The van der Waals surface area contributed by atoms with Crippen LogP contribution in [0.4, 0.5) is 0 Å². The number of hydrogen-bond donors (Lipinski definition) is 0. The van der Waals surface area contributed by atoms with Crippen molar-refractivity contribution in [2.24, 2.45) is 14.1 Å². The molecule has 0 aliphatic heterocycles. The van der Waals surface area contributed by atoms with Crippen molar-refractivity contribution in [1.82, 2.24) is 24.1 Å². The Labute approximate surface area is 313 Å². The Hall–Kier alpha value is -7.18. The highest BCUT2D eigenvalue weighted by atomic mass is 16.1. The van der Waals surface area contributed by atoms with Gasteiger partial charge in [0.05, 0.1) is 11.0 Å². The molecule has 0 spiro atoms. The fraction of sp³-hybridized carbons (Fsp3) is 0.0417. The van der Waals surface area contributed by atoms with E-state index in [-0.39, 0.29) is 5.69 Å². The molecule has 0 saturated heterocycles. The second-order valence-corrected chi connectivity index (χ2v) is 13.4. The van der Waals surface area contributed by atoms with Gasteiger partial charge in [0.2, 0.25) is 0 Å². The maximum atomic E-state index is 12.5. The van der Waals surface area contributed by atoms with E-state index in [0.29, 0.717) is 17.5 Å². The Kier molecular flexibility index (Phi) is 8.33. The molecule has 0 unspecified atom stereocenters. The molecule has 6 heteroatoms. The van der Waals surface area contributed by atoms with E-state index >= 15 is 0 Å². The van der Waals surface area contributed by atoms with Crippen molar-refractivity contribution < 1.29 is 0 Å². The van der Waals surface area contributed by atoms with Gasteiger partial charge in [-0.2, -0.15) is 0 Å². The minimum atomic E-state index is -0.0277. The second kappa shape index (κ2) is 13.7. The van der Waals surface area contributed by atoms with Crippen LogP contribution in [0.5, 0.6) is 0 Å². The van der Waals surface area contributed by atoms with Gasteiger partial charge in [0.15, 0.2) is 17.5 Å². The molecular weight excluding hydrogens is 663 g/mol. The molecule has 6 nitrogen and oxygen atoms in total. The van der Waals surface area contributed by atoms with E-state index < -0.39 is 0 Å². The zero-order chi connectivity index (χ0) is 36.6. The van der Waals surface area contributed by atoms with Crippen LogP contribution >= 0.6 is 0 Å². The van der Waals surface area contributed by atoms with Crippen molar-refractivity contribution in [3.63, 3.8) is 0 Å². The third kappa shape index (κ3) is 6.10. The molecule has 7 aromatic carbocycles. The Bertz CT molecular complexity index is 2820. The first-order valence-corrected chi connectivity index (χ1v) is 17.9. The van der Waals surface area contributed by atoms with Crippen molar-refractivity contribution in [2.45, 2.75) is 0 Å². The quantitative estimate of drug-likeness (QED) is 0.166. The van der Waals surface area contributed by atoms with E-state index in [1.54, 1.807) is 16.2 Å². The van der Waals surface area contributed by atoms with Crippen LogP contribution in [0.2, 0.25) is 0 Å². The highest BCUT2D eigenvalue weighted by Crippen LogP contribution is 2.34.